The van der Waals surface area contributed by atoms with Crippen molar-refractivity contribution < 1.29 is 19.4 Å². The number of aromatic amines is 1. The number of ether oxygens (including phenoxy) is 2. The van der Waals surface area contributed by atoms with Gasteiger partial charge in [0.1, 0.15) is 12.4 Å². The molecule has 0 bridgehead atoms. The number of imidazole rings is 1. The highest BCUT2D eigenvalue weighted by Gasteiger charge is 2.22. The number of H-pyrrole nitrogens is 1. The van der Waals surface area contributed by atoms with E-state index < -0.39 is 12.1 Å². The minimum absolute atomic E-state index is 0.336. The van der Waals surface area contributed by atoms with Gasteiger partial charge in [-0.1, -0.05) is 48.2 Å². The molecule has 0 spiro atoms. The molecule has 186 valence electrons. The Morgan fingerprint density at radius 1 is 1.03 bits per heavy atom. The number of benzene rings is 3. The zero-order valence-corrected chi connectivity index (χ0v) is 20.9. The van der Waals surface area contributed by atoms with Crippen molar-refractivity contribution in [3.8, 4) is 5.75 Å². The van der Waals surface area contributed by atoms with Crippen LogP contribution in [0.5, 0.6) is 5.75 Å². The second-order valence-electron chi connectivity index (χ2n) is 7.93. The summed E-state index contributed by atoms with van der Waals surface area (Å²) in [5, 5.41) is 9.24. The first-order valence-corrected chi connectivity index (χ1v) is 12.6. The number of hydrogen-bond donors (Lipinski definition) is 2. The SMILES string of the molecule is CCOC(Cc1ccc(OCCN2c3ccccc3Sc3ccccc32)cc1)C(=O)O.c1c[nH]cn1. The van der Waals surface area contributed by atoms with Crippen LogP contribution in [0.15, 0.2) is 101 Å². The molecule has 3 aromatic carbocycles. The van der Waals surface area contributed by atoms with Gasteiger partial charge in [-0.2, -0.15) is 0 Å². The Hall–Kier alpha value is -3.75. The quantitative estimate of drug-likeness (QED) is 0.298. The van der Waals surface area contributed by atoms with E-state index in [0.29, 0.717) is 19.6 Å². The summed E-state index contributed by atoms with van der Waals surface area (Å²) in [5.74, 6) is -0.178. The summed E-state index contributed by atoms with van der Waals surface area (Å²) >= 11 is 1.79. The van der Waals surface area contributed by atoms with Gasteiger partial charge in [-0.05, 0) is 48.9 Å². The number of para-hydroxylation sites is 2. The van der Waals surface area contributed by atoms with Gasteiger partial charge in [0.15, 0.2) is 6.10 Å². The van der Waals surface area contributed by atoms with Crippen molar-refractivity contribution in [2.24, 2.45) is 0 Å². The molecule has 7 nitrogen and oxygen atoms in total. The van der Waals surface area contributed by atoms with Crippen LogP contribution in [0.2, 0.25) is 0 Å². The molecule has 36 heavy (non-hydrogen) atoms. The number of aliphatic carboxylic acids is 1. The van der Waals surface area contributed by atoms with Gasteiger partial charge in [-0.3, -0.25) is 0 Å². The zero-order valence-electron chi connectivity index (χ0n) is 20.0. The van der Waals surface area contributed by atoms with Crippen LogP contribution in [0.3, 0.4) is 0 Å². The van der Waals surface area contributed by atoms with E-state index in [1.165, 1.54) is 21.2 Å². The first kappa shape index (κ1) is 25.3. The third kappa shape index (κ3) is 6.68. The smallest absolute Gasteiger partial charge is 0.333 e. The maximum atomic E-state index is 11.3. The number of carboxylic acids is 1. The number of aromatic nitrogens is 2. The number of rotatable bonds is 9. The van der Waals surface area contributed by atoms with Crippen LogP contribution >= 0.6 is 11.8 Å². The van der Waals surface area contributed by atoms with Crippen molar-refractivity contribution in [3.63, 3.8) is 0 Å². The monoisotopic (exact) mass is 503 g/mol. The molecular weight excluding hydrogens is 474 g/mol. The number of carboxylic acid groups (broad SMARTS) is 1. The number of carbonyl (C=O) groups is 1. The van der Waals surface area contributed by atoms with E-state index in [0.717, 1.165) is 17.9 Å². The van der Waals surface area contributed by atoms with E-state index >= 15 is 0 Å². The lowest BCUT2D eigenvalue weighted by Gasteiger charge is -2.32. The Morgan fingerprint density at radius 3 is 2.22 bits per heavy atom. The molecule has 0 radical (unpaired) electrons. The van der Waals surface area contributed by atoms with E-state index in [-0.39, 0.29) is 0 Å². The summed E-state index contributed by atoms with van der Waals surface area (Å²) in [4.78, 5) is 22.5. The second kappa shape index (κ2) is 12.8. The van der Waals surface area contributed by atoms with E-state index in [2.05, 4.69) is 63.4 Å². The minimum Gasteiger partial charge on any atom is -0.492 e. The standard InChI is InChI=1S/C25H25NO4S.C3H4N2/c1-2-29-22(25(27)28)17-18-11-13-19(14-12-18)30-16-15-26-20-7-3-5-9-23(20)31-24-10-6-4-8-21(24)26;1-2-5-3-4-1/h3-14,22H,2,15-17H2,1H3,(H,27,28);1-3H,(H,4,5). The highest BCUT2D eigenvalue weighted by atomic mass is 32.2. The van der Waals surface area contributed by atoms with Crippen LogP contribution in [0, 0.1) is 0 Å². The molecule has 0 fully saturated rings. The average Bonchev–Trinajstić information content (AvgIpc) is 3.49. The van der Waals surface area contributed by atoms with E-state index in [1.54, 1.807) is 37.4 Å². The number of nitrogens with one attached hydrogen (secondary N) is 1. The lowest BCUT2D eigenvalue weighted by Crippen LogP contribution is -2.26. The Bertz CT molecular complexity index is 1170. The normalized spacial score (nSPS) is 12.5. The van der Waals surface area contributed by atoms with Crippen LogP contribution < -0.4 is 9.64 Å². The van der Waals surface area contributed by atoms with Gasteiger partial charge < -0.3 is 24.5 Å². The molecule has 0 saturated carbocycles. The first-order chi connectivity index (χ1) is 17.7. The number of fused-ring (bicyclic) bond motifs is 2. The number of hydrogen-bond acceptors (Lipinski definition) is 6. The average molecular weight is 504 g/mol. The van der Waals surface area contributed by atoms with Crippen molar-refractivity contribution in [1.29, 1.82) is 0 Å². The fourth-order valence-corrected chi connectivity index (χ4v) is 4.94. The molecule has 1 aromatic heterocycles. The largest absolute Gasteiger partial charge is 0.492 e. The highest BCUT2D eigenvalue weighted by Crippen LogP contribution is 2.47. The molecule has 1 aliphatic rings. The fraction of sp³-hybridized carbons (Fsp3) is 0.214. The predicted octanol–water partition coefficient (Wildman–Crippen LogP) is 5.81. The third-order valence-corrected chi connectivity index (χ3v) is 6.64. The maximum Gasteiger partial charge on any atom is 0.333 e. The Balaban J connectivity index is 0.000000543. The molecule has 5 rings (SSSR count). The predicted molar refractivity (Wildman–Crippen MR) is 141 cm³/mol. The van der Waals surface area contributed by atoms with E-state index in [4.69, 9.17) is 9.47 Å². The third-order valence-electron chi connectivity index (χ3n) is 5.51. The first-order valence-electron chi connectivity index (χ1n) is 11.8. The number of anilines is 2. The van der Waals surface area contributed by atoms with Crippen molar-refractivity contribution in [3.05, 3.63) is 97.1 Å². The molecule has 8 heteroatoms. The van der Waals surface area contributed by atoms with Gasteiger partial charge >= 0.3 is 5.97 Å². The van der Waals surface area contributed by atoms with Gasteiger partial charge in [0.2, 0.25) is 0 Å². The van der Waals surface area contributed by atoms with Crippen LogP contribution in [-0.2, 0) is 16.0 Å². The highest BCUT2D eigenvalue weighted by molar-refractivity contribution is 7.99. The van der Waals surface area contributed by atoms with Gasteiger partial charge in [-0.25, -0.2) is 9.78 Å². The molecule has 1 atom stereocenters. The zero-order chi connectivity index (χ0) is 25.2. The molecular formula is C28H29N3O4S. The van der Waals surface area contributed by atoms with Crippen molar-refractivity contribution in [1.82, 2.24) is 9.97 Å². The summed E-state index contributed by atoms with van der Waals surface area (Å²) in [7, 11) is 0. The Kier molecular flexibility index (Phi) is 9.02. The molecule has 2 heterocycles. The Labute approximate surface area is 215 Å². The maximum absolute atomic E-state index is 11.3. The van der Waals surface area contributed by atoms with Crippen LogP contribution in [0.25, 0.3) is 0 Å². The topological polar surface area (TPSA) is 87.7 Å². The number of nitrogens with zero attached hydrogens (tertiary/aromatic N) is 2. The van der Waals surface area contributed by atoms with E-state index in [1.807, 2.05) is 24.3 Å². The summed E-state index contributed by atoms with van der Waals surface area (Å²) < 4.78 is 11.3. The van der Waals surface area contributed by atoms with Gasteiger partial charge in [0.05, 0.1) is 24.2 Å². The summed E-state index contributed by atoms with van der Waals surface area (Å²) in [6, 6.07) is 24.4. The van der Waals surface area contributed by atoms with Gasteiger partial charge in [0.25, 0.3) is 0 Å². The summed E-state index contributed by atoms with van der Waals surface area (Å²) in [6.45, 7) is 3.43. The van der Waals surface area contributed by atoms with Crippen LogP contribution in [0.4, 0.5) is 11.4 Å². The lowest BCUT2D eigenvalue weighted by molar-refractivity contribution is -0.149. The van der Waals surface area contributed by atoms with Gasteiger partial charge in [-0.15, -0.1) is 0 Å². The molecule has 2 N–H and O–H groups in total. The van der Waals surface area contributed by atoms with Crippen LogP contribution in [0.1, 0.15) is 12.5 Å². The van der Waals surface area contributed by atoms with Gasteiger partial charge in [0, 0.05) is 35.2 Å². The molecule has 1 aliphatic heterocycles. The Morgan fingerprint density at radius 2 is 1.69 bits per heavy atom. The van der Waals surface area contributed by atoms with Crippen molar-refractivity contribution in [2.75, 3.05) is 24.7 Å². The van der Waals surface area contributed by atoms with Crippen molar-refractivity contribution in [2.45, 2.75) is 29.2 Å². The van der Waals surface area contributed by atoms with Crippen LogP contribution in [-0.4, -0.2) is 46.9 Å². The minimum atomic E-state index is -0.942. The molecule has 4 aromatic rings. The van der Waals surface area contributed by atoms with Crippen molar-refractivity contribution >= 4 is 29.1 Å². The summed E-state index contributed by atoms with van der Waals surface area (Å²) in [5.41, 5.74) is 3.30. The fourth-order valence-electron chi connectivity index (χ4n) is 3.85. The molecule has 0 amide bonds. The van der Waals surface area contributed by atoms with E-state index in [9.17, 15) is 9.90 Å². The molecule has 1 unspecified atom stereocenters. The molecule has 0 aliphatic carbocycles. The molecule has 0 saturated heterocycles. The lowest BCUT2D eigenvalue weighted by atomic mass is 10.1. The summed E-state index contributed by atoms with van der Waals surface area (Å²) in [6.07, 6.45) is 4.59. The second-order valence-corrected chi connectivity index (χ2v) is 9.01.